The second-order valence-electron chi connectivity index (χ2n) is 4.64. The average molecular weight is 249 g/mol. The number of aromatic nitrogens is 1. The van der Waals surface area contributed by atoms with Crippen LogP contribution < -0.4 is 0 Å². The third kappa shape index (κ3) is 2.37. The Balaban J connectivity index is 2.16. The number of fused-ring (bicyclic) bond motifs is 1. The maximum absolute atomic E-state index is 11.7. The van der Waals surface area contributed by atoms with Gasteiger partial charge in [-0.25, -0.2) is 0 Å². The van der Waals surface area contributed by atoms with E-state index in [4.69, 9.17) is 0 Å². The SMILES string of the molecule is CC[C@@H](CO)N(C)Cc1c[nH]c2c1N=CCC2=O. The Hall–Kier alpha value is -1.46. The van der Waals surface area contributed by atoms with Crippen LogP contribution in [-0.4, -0.2) is 46.7 Å². The first-order valence-corrected chi connectivity index (χ1v) is 6.24. The summed E-state index contributed by atoms with van der Waals surface area (Å²) in [7, 11) is 1.97. The molecular weight excluding hydrogens is 230 g/mol. The first kappa shape index (κ1) is 13.0. The fourth-order valence-electron chi connectivity index (χ4n) is 2.24. The molecule has 2 heterocycles. The zero-order valence-corrected chi connectivity index (χ0v) is 10.8. The normalized spacial score (nSPS) is 16.1. The molecule has 1 aromatic heterocycles. The van der Waals surface area contributed by atoms with E-state index < -0.39 is 0 Å². The zero-order chi connectivity index (χ0) is 13.1. The van der Waals surface area contributed by atoms with Crippen molar-refractivity contribution in [2.75, 3.05) is 13.7 Å². The molecule has 2 N–H and O–H groups in total. The second kappa shape index (κ2) is 5.46. The summed E-state index contributed by atoms with van der Waals surface area (Å²) in [6, 6.07) is 0.138. The molecule has 98 valence electrons. The van der Waals surface area contributed by atoms with Gasteiger partial charge in [-0.2, -0.15) is 0 Å². The maximum atomic E-state index is 11.7. The van der Waals surface area contributed by atoms with Crippen LogP contribution >= 0.6 is 0 Å². The van der Waals surface area contributed by atoms with Crippen molar-refractivity contribution in [1.82, 2.24) is 9.88 Å². The van der Waals surface area contributed by atoms with Gasteiger partial charge in [0.1, 0.15) is 5.69 Å². The number of hydrogen-bond donors (Lipinski definition) is 2. The van der Waals surface area contributed by atoms with Gasteiger partial charge in [-0.3, -0.25) is 14.7 Å². The van der Waals surface area contributed by atoms with Crippen LogP contribution in [0, 0.1) is 0 Å². The lowest BCUT2D eigenvalue weighted by atomic mass is 10.1. The quantitative estimate of drug-likeness (QED) is 0.831. The fourth-order valence-corrected chi connectivity index (χ4v) is 2.24. The third-order valence-corrected chi connectivity index (χ3v) is 3.43. The number of rotatable bonds is 5. The first-order chi connectivity index (χ1) is 8.67. The van der Waals surface area contributed by atoms with Gasteiger partial charge in [0.25, 0.3) is 0 Å². The van der Waals surface area contributed by atoms with E-state index in [9.17, 15) is 9.90 Å². The molecule has 5 heteroatoms. The average Bonchev–Trinajstić information content (AvgIpc) is 2.76. The Morgan fingerprint density at radius 2 is 2.39 bits per heavy atom. The zero-order valence-electron chi connectivity index (χ0n) is 10.8. The highest BCUT2D eigenvalue weighted by Gasteiger charge is 2.21. The predicted octanol–water partition coefficient (Wildman–Crippen LogP) is 1.51. The molecule has 0 amide bonds. The van der Waals surface area contributed by atoms with Gasteiger partial charge in [0.15, 0.2) is 5.78 Å². The Labute approximate surface area is 107 Å². The maximum Gasteiger partial charge on any atom is 0.186 e. The molecule has 1 aromatic rings. The molecule has 0 saturated carbocycles. The molecule has 0 bridgehead atoms. The first-order valence-electron chi connectivity index (χ1n) is 6.24. The van der Waals surface area contributed by atoms with Crippen molar-refractivity contribution in [3.05, 3.63) is 17.5 Å². The monoisotopic (exact) mass is 249 g/mol. The van der Waals surface area contributed by atoms with Crippen LogP contribution in [0.3, 0.4) is 0 Å². The van der Waals surface area contributed by atoms with Gasteiger partial charge in [-0.15, -0.1) is 0 Å². The van der Waals surface area contributed by atoms with E-state index in [1.54, 1.807) is 6.21 Å². The minimum absolute atomic E-state index is 0.0862. The van der Waals surface area contributed by atoms with Crippen LogP contribution in [-0.2, 0) is 6.54 Å². The second-order valence-corrected chi connectivity index (χ2v) is 4.64. The van der Waals surface area contributed by atoms with Gasteiger partial charge < -0.3 is 10.1 Å². The fraction of sp³-hybridized carbons (Fsp3) is 0.538. The van der Waals surface area contributed by atoms with Crippen LogP contribution in [0.15, 0.2) is 11.2 Å². The third-order valence-electron chi connectivity index (χ3n) is 3.43. The summed E-state index contributed by atoms with van der Waals surface area (Å²) < 4.78 is 0. The number of nitrogens with one attached hydrogen (secondary N) is 1. The molecule has 0 saturated heterocycles. The van der Waals surface area contributed by atoms with E-state index >= 15 is 0 Å². The van der Waals surface area contributed by atoms with Crippen molar-refractivity contribution in [2.45, 2.75) is 32.4 Å². The minimum Gasteiger partial charge on any atom is -0.395 e. The number of hydrogen-bond acceptors (Lipinski definition) is 4. The molecule has 1 atom stereocenters. The Bertz CT molecular complexity index is 461. The van der Waals surface area contributed by atoms with Gasteiger partial charge in [0.2, 0.25) is 0 Å². The number of likely N-dealkylation sites (N-methyl/N-ethyl adjacent to an activating group) is 1. The predicted molar refractivity (Wildman–Crippen MR) is 70.5 cm³/mol. The summed E-state index contributed by atoms with van der Waals surface area (Å²) in [4.78, 5) is 21.0. The van der Waals surface area contributed by atoms with E-state index in [1.165, 1.54) is 0 Å². The number of aliphatic hydroxyl groups is 1. The van der Waals surface area contributed by atoms with E-state index in [1.807, 2.05) is 20.2 Å². The molecule has 1 aliphatic heterocycles. The molecule has 0 radical (unpaired) electrons. The Morgan fingerprint density at radius 3 is 3.06 bits per heavy atom. The summed E-state index contributed by atoms with van der Waals surface area (Å²) in [5.41, 5.74) is 2.37. The number of carbonyl (C=O) groups excluding carboxylic acids is 1. The van der Waals surface area contributed by atoms with Gasteiger partial charge >= 0.3 is 0 Å². The molecule has 1 aliphatic rings. The van der Waals surface area contributed by atoms with Crippen LogP contribution in [0.2, 0.25) is 0 Å². The molecule has 0 unspecified atom stereocenters. The summed E-state index contributed by atoms with van der Waals surface area (Å²) in [6.45, 7) is 2.86. The van der Waals surface area contributed by atoms with Crippen molar-refractivity contribution in [2.24, 2.45) is 4.99 Å². The molecule has 0 aromatic carbocycles. The smallest absolute Gasteiger partial charge is 0.186 e. The molecule has 2 rings (SSSR count). The summed E-state index contributed by atoms with van der Waals surface area (Å²) in [5, 5.41) is 9.27. The minimum atomic E-state index is 0.0862. The molecule has 0 fully saturated rings. The lowest BCUT2D eigenvalue weighted by Gasteiger charge is -2.25. The lowest BCUT2D eigenvalue weighted by molar-refractivity contribution is 0.0996. The largest absolute Gasteiger partial charge is 0.395 e. The number of aliphatic hydroxyl groups excluding tert-OH is 1. The molecule has 18 heavy (non-hydrogen) atoms. The highest BCUT2D eigenvalue weighted by Crippen LogP contribution is 2.29. The number of ketones is 1. The van der Waals surface area contributed by atoms with Crippen LogP contribution in [0.4, 0.5) is 5.69 Å². The Morgan fingerprint density at radius 1 is 1.61 bits per heavy atom. The van der Waals surface area contributed by atoms with Crippen molar-refractivity contribution in [1.29, 1.82) is 0 Å². The van der Waals surface area contributed by atoms with Crippen molar-refractivity contribution in [3.63, 3.8) is 0 Å². The van der Waals surface area contributed by atoms with Crippen LogP contribution in [0.1, 0.15) is 35.8 Å². The number of aliphatic imine (C=N–C) groups is 1. The number of carbonyl (C=O) groups is 1. The van der Waals surface area contributed by atoms with E-state index in [2.05, 4.69) is 14.9 Å². The van der Waals surface area contributed by atoms with Crippen molar-refractivity contribution in [3.8, 4) is 0 Å². The van der Waals surface area contributed by atoms with Crippen molar-refractivity contribution < 1.29 is 9.90 Å². The lowest BCUT2D eigenvalue weighted by Crippen LogP contribution is -2.33. The standard InChI is InChI=1S/C13H19N3O2/c1-3-10(8-17)16(2)7-9-6-15-13-11(18)4-5-14-12(9)13/h5-6,10,15,17H,3-4,7-8H2,1-2H3/t10-/m0/s1. The number of aromatic amines is 1. The van der Waals surface area contributed by atoms with Gasteiger partial charge in [0, 0.05) is 37.0 Å². The van der Waals surface area contributed by atoms with E-state index in [0.717, 1.165) is 17.7 Å². The van der Waals surface area contributed by atoms with Gasteiger partial charge in [0.05, 0.1) is 12.3 Å². The summed E-state index contributed by atoms with van der Waals surface area (Å²) >= 11 is 0. The highest BCUT2D eigenvalue weighted by molar-refractivity contribution is 6.09. The van der Waals surface area contributed by atoms with Gasteiger partial charge in [-0.1, -0.05) is 6.92 Å². The van der Waals surface area contributed by atoms with Crippen LogP contribution in [0.25, 0.3) is 0 Å². The highest BCUT2D eigenvalue weighted by atomic mass is 16.3. The summed E-state index contributed by atoms with van der Waals surface area (Å²) in [5.74, 6) is 0.0862. The Kier molecular flexibility index (Phi) is 3.93. The number of H-pyrrole nitrogens is 1. The molecular formula is C13H19N3O2. The van der Waals surface area contributed by atoms with E-state index in [0.29, 0.717) is 18.7 Å². The van der Waals surface area contributed by atoms with Gasteiger partial charge in [-0.05, 0) is 13.5 Å². The number of Topliss-reactive ketones (excluding diaryl/α,β-unsaturated/α-hetero) is 1. The molecule has 0 spiro atoms. The van der Waals surface area contributed by atoms with Crippen LogP contribution in [0.5, 0.6) is 0 Å². The molecule has 0 aliphatic carbocycles. The summed E-state index contributed by atoms with van der Waals surface area (Å²) in [6.07, 6.45) is 4.76. The topological polar surface area (TPSA) is 68.7 Å². The van der Waals surface area contributed by atoms with Crippen molar-refractivity contribution >= 4 is 17.7 Å². The number of nitrogens with zero attached hydrogens (tertiary/aromatic N) is 2. The van der Waals surface area contributed by atoms with E-state index in [-0.39, 0.29) is 18.4 Å². The molecule has 5 nitrogen and oxygen atoms in total.